The molecule has 10 aromatic rings. The lowest BCUT2D eigenvalue weighted by Crippen LogP contribution is -2.19. The van der Waals surface area contributed by atoms with Crippen molar-refractivity contribution < 1.29 is 0 Å². The zero-order valence-electron chi connectivity index (χ0n) is 31.0. The van der Waals surface area contributed by atoms with Gasteiger partial charge in [0.25, 0.3) is 0 Å². The minimum absolute atomic E-state index is 0.0257. The van der Waals surface area contributed by atoms with Gasteiger partial charge in [0, 0.05) is 30.8 Å². The SMILES string of the molecule is Cn1c(=O)n(C)c2cc(-c3c4ccccc4c(-c4ccc(-c5ccc(-c6cc(-c7ccccc7)nc(-c7ccccc7)n6)cc5)cc4)c4ccccc34)ccc21. The molecule has 0 spiro atoms. The van der Waals surface area contributed by atoms with Crippen LogP contribution < -0.4 is 5.69 Å². The maximum Gasteiger partial charge on any atom is 0.328 e. The Morgan fingerprint density at radius 3 is 1.29 bits per heavy atom. The molecular formula is C51H36N4O. The molecule has 266 valence electrons. The molecule has 0 fully saturated rings. The Labute approximate surface area is 324 Å². The van der Waals surface area contributed by atoms with Crippen LogP contribution in [0.15, 0.2) is 187 Å². The number of aryl methyl sites for hydroxylation is 2. The summed E-state index contributed by atoms with van der Waals surface area (Å²) in [6.45, 7) is 0. The number of hydrogen-bond acceptors (Lipinski definition) is 3. The Morgan fingerprint density at radius 2 is 0.750 bits per heavy atom. The first-order valence-electron chi connectivity index (χ1n) is 18.8. The number of benzene rings is 8. The Hall–Kier alpha value is -7.37. The first-order valence-corrected chi connectivity index (χ1v) is 18.8. The quantitative estimate of drug-likeness (QED) is 0.161. The van der Waals surface area contributed by atoms with E-state index in [-0.39, 0.29) is 5.69 Å². The first kappa shape index (κ1) is 33.2. The summed E-state index contributed by atoms with van der Waals surface area (Å²) in [5.41, 5.74) is 13.6. The van der Waals surface area contributed by atoms with E-state index < -0.39 is 0 Å². The fourth-order valence-electron chi connectivity index (χ4n) is 8.14. The van der Waals surface area contributed by atoms with Crippen molar-refractivity contribution in [3.63, 3.8) is 0 Å². The zero-order valence-corrected chi connectivity index (χ0v) is 31.0. The van der Waals surface area contributed by atoms with E-state index in [0.29, 0.717) is 5.82 Å². The average Bonchev–Trinajstić information content (AvgIpc) is 3.48. The molecule has 5 nitrogen and oxygen atoms in total. The van der Waals surface area contributed by atoms with E-state index in [9.17, 15) is 4.79 Å². The molecule has 0 saturated carbocycles. The molecule has 0 unspecified atom stereocenters. The van der Waals surface area contributed by atoms with Gasteiger partial charge in [0.2, 0.25) is 0 Å². The Kier molecular flexibility index (Phi) is 8.00. The van der Waals surface area contributed by atoms with Crippen LogP contribution in [0.3, 0.4) is 0 Å². The Bertz CT molecular complexity index is 3030. The molecule has 56 heavy (non-hydrogen) atoms. The van der Waals surface area contributed by atoms with Crippen LogP contribution in [-0.4, -0.2) is 19.1 Å². The Morgan fingerprint density at radius 1 is 0.357 bits per heavy atom. The molecule has 0 N–H and O–H groups in total. The maximum absolute atomic E-state index is 12.8. The minimum atomic E-state index is -0.0257. The van der Waals surface area contributed by atoms with Gasteiger partial charge >= 0.3 is 5.69 Å². The normalized spacial score (nSPS) is 11.5. The van der Waals surface area contributed by atoms with Crippen LogP contribution in [0.25, 0.3) is 99.9 Å². The van der Waals surface area contributed by atoms with Gasteiger partial charge in [-0.2, -0.15) is 0 Å². The summed E-state index contributed by atoms with van der Waals surface area (Å²) in [6, 6.07) is 63.8. The van der Waals surface area contributed by atoms with E-state index in [1.165, 1.54) is 32.7 Å². The second-order valence-electron chi connectivity index (χ2n) is 14.3. The highest BCUT2D eigenvalue weighted by Crippen LogP contribution is 2.44. The smallest absolute Gasteiger partial charge is 0.295 e. The summed E-state index contributed by atoms with van der Waals surface area (Å²) in [5, 5.41) is 4.73. The van der Waals surface area contributed by atoms with Gasteiger partial charge < -0.3 is 0 Å². The van der Waals surface area contributed by atoms with Gasteiger partial charge in [-0.3, -0.25) is 9.13 Å². The van der Waals surface area contributed by atoms with Crippen molar-refractivity contribution in [3.05, 3.63) is 192 Å². The van der Waals surface area contributed by atoms with E-state index in [1.54, 1.807) is 9.13 Å². The molecule has 0 aliphatic rings. The van der Waals surface area contributed by atoms with Gasteiger partial charge in [0.1, 0.15) is 0 Å². The van der Waals surface area contributed by atoms with E-state index in [1.807, 2.05) is 50.5 Å². The van der Waals surface area contributed by atoms with Gasteiger partial charge in [-0.1, -0.05) is 164 Å². The molecule has 0 aliphatic heterocycles. The highest BCUT2D eigenvalue weighted by Gasteiger charge is 2.18. The molecule has 0 saturated heterocycles. The summed E-state index contributed by atoms with van der Waals surface area (Å²) in [4.78, 5) is 22.8. The molecule has 0 atom stereocenters. The lowest BCUT2D eigenvalue weighted by molar-refractivity contribution is 0.795. The van der Waals surface area contributed by atoms with Crippen LogP contribution in [0.1, 0.15) is 0 Å². The number of rotatable bonds is 6. The average molecular weight is 721 g/mol. The number of fused-ring (bicyclic) bond motifs is 3. The largest absolute Gasteiger partial charge is 0.328 e. The van der Waals surface area contributed by atoms with Crippen molar-refractivity contribution in [2.45, 2.75) is 0 Å². The molecule has 2 aromatic heterocycles. The van der Waals surface area contributed by atoms with E-state index in [4.69, 9.17) is 9.97 Å². The second-order valence-corrected chi connectivity index (χ2v) is 14.3. The molecule has 0 aliphatic carbocycles. The zero-order chi connectivity index (χ0) is 37.8. The topological polar surface area (TPSA) is 52.7 Å². The van der Waals surface area contributed by atoms with Crippen molar-refractivity contribution in [3.8, 4) is 67.3 Å². The van der Waals surface area contributed by atoms with E-state index in [0.717, 1.165) is 61.4 Å². The molecule has 0 radical (unpaired) electrons. The van der Waals surface area contributed by atoms with Crippen LogP contribution in [0.2, 0.25) is 0 Å². The van der Waals surface area contributed by atoms with Crippen LogP contribution >= 0.6 is 0 Å². The van der Waals surface area contributed by atoms with Crippen molar-refractivity contribution in [2.75, 3.05) is 0 Å². The Balaban J connectivity index is 1.03. The van der Waals surface area contributed by atoms with Gasteiger partial charge in [-0.25, -0.2) is 14.8 Å². The predicted octanol–water partition coefficient (Wildman–Crippen LogP) is 12.0. The summed E-state index contributed by atoms with van der Waals surface area (Å²) in [6.07, 6.45) is 0. The van der Waals surface area contributed by atoms with Gasteiger partial charge in [0.05, 0.1) is 22.4 Å². The van der Waals surface area contributed by atoms with Crippen molar-refractivity contribution in [1.82, 2.24) is 19.1 Å². The fourth-order valence-corrected chi connectivity index (χ4v) is 8.14. The standard InChI is InChI=1S/C51H36N4O/c1-54-46-30-29-39(31-47(46)55(2)51(54)56)49-42-19-11-9-17-40(42)48(41-18-10-12-20-43(41)49)37-27-23-34(24-28-37)33-21-25-36(26-22-33)45-32-44(35-13-5-3-6-14-35)52-50(53-45)38-15-7-4-8-16-38/h3-32H,1-2H3. The number of imidazole rings is 1. The lowest BCUT2D eigenvalue weighted by Gasteiger charge is -2.18. The molecule has 5 heteroatoms. The summed E-state index contributed by atoms with van der Waals surface area (Å²) in [7, 11) is 3.67. The van der Waals surface area contributed by atoms with Gasteiger partial charge in [-0.05, 0) is 73.1 Å². The van der Waals surface area contributed by atoms with Gasteiger partial charge in [0.15, 0.2) is 5.82 Å². The van der Waals surface area contributed by atoms with Crippen LogP contribution in [0, 0.1) is 0 Å². The number of nitrogens with zero attached hydrogens (tertiary/aromatic N) is 4. The van der Waals surface area contributed by atoms with Crippen molar-refractivity contribution in [1.29, 1.82) is 0 Å². The van der Waals surface area contributed by atoms with E-state index >= 15 is 0 Å². The minimum Gasteiger partial charge on any atom is -0.295 e. The third kappa shape index (κ3) is 5.60. The highest BCUT2D eigenvalue weighted by atomic mass is 16.1. The lowest BCUT2D eigenvalue weighted by atomic mass is 9.85. The number of hydrogen-bond donors (Lipinski definition) is 0. The molecule has 0 bridgehead atoms. The molecule has 0 amide bonds. The highest BCUT2D eigenvalue weighted by molar-refractivity contribution is 6.21. The van der Waals surface area contributed by atoms with Crippen molar-refractivity contribution in [2.24, 2.45) is 14.1 Å². The molecule has 10 rings (SSSR count). The van der Waals surface area contributed by atoms with Crippen LogP contribution in [0.4, 0.5) is 0 Å². The number of aromatic nitrogens is 4. The molecule has 8 aromatic carbocycles. The first-order chi connectivity index (χ1) is 27.5. The third-order valence-corrected chi connectivity index (χ3v) is 11.0. The molecular weight excluding hydrogens is 685 g/mol. The fraction of sp³-hybridized carbons (Fsp3) is 0.0392. The summed E-state index contributed by atoms with van der Waals surface area (Å²) < 4.78 is 3.43. The maximum atomic E-state index is 12.8. The van der Waals surface area contributed by atoms with Crippen LogP contribution in [-0.2, 0) is 14.1 Å². The summed E-state index contributed by atoms with van der Waals surface area (Å²) >= 11 is 0. The summed E-state index contributed by atoms with van der Waals surface area (Å²) in [5.74, 6) is 0.707. The third-order valence-electron chi connectivity index (χ3n) is 11.0. The monoisotopic (exact) mass is 720 g/mol. The molecule has 2 heterocycles. The van der Waals surface area contributed by atoms with Crippen molar-refractivity contribution >= 4 is 32.6 Å². The van der Waals surface area contributed by atoms with E-state index in [2.05, 4.69) is 146 Å². The van der Waals surface area contributed by atoms with Gasteiger partial charge in [-0.15, -0.1) is 0 Å². The second kappa shape index (κ2) is 13.5. The van der Waals surface area contributed by atoms with Crippen LogP contribution in [0.5, 0.6) is 0 Å². The predicted molar refractivity (Wildman–Crippen MR) is 231 cm³/mol.